The fourth-order valence-corrected chi connectivity index (χ4v) is 5.26. The van der Waals surface area contributed by atoms with Gasteiger partial charge in [-0.15, -0.1) is 0 Å². The SMILES string of the molecule is Cc1cc(C#N)ncc1-c1cc(NC(=O)C2CNC(=O)CC2C(F)(F)F)c(N2C[C@@H](C)N(C)[C@@H](C)C2)cc1F. The lowest BCUT2D eigenvalue weighted by Crippen LogP contribution is -2.55. The third-order valence-electron chi connectivity index (χ3n) is 7.73. The van der Waals surface area contributed by atoms with Gasteiger partial charge in [-0.3, -0.25) is 14.5 Å². The molecule has 4 rings (SSSR count). The van der Waals surface area contributed by atoms with E-state index in [1.54, 1.807) is 6.92 Å². The number of amides is 2. The summed E-state index contributed by atoms with van der Waals surface area (Å²) < 4.78 is 56.9. The first-order valence-electron chi connectivity index (χ1n) is 12.6. The first-order chi connectivity index (χ1) is 18.3. The normalized spacial score (nSPS) is 24.2. The summed E-state index contributed by atoms with van der Waals surface area (Å²) in [6, 6.07) is 6.28. The lowest BCUT2D eigenvalue weighted by molar-refractivity contribution is -0.197. The molecule has 2 unspecified atom stereocenters. The summed E-state index contributed by atoms with van der Waals surface area (Å²) in [7, 11) is 1.98. The van der Waals surface area contributed by atoms with E-state index in [4.69, 9.17) is 5.26 Å². The Bertz CT molecular complexity index is 1310. The van der Waals surface area contributed by atoms with Crippen LogP contribution in [0.2, 0.25) is 0 Å². The highest BCUT2D eigenvalue weighted by atomic mass is 19.4. The van der Waals surface area contributed by atoms with Crippen molar-refractivity contribution >= 4 is 23.2 Å². The number of hydrogen-bond acceptors (Lipinski definition) is 6. The minimum Gasteiger partial charge on any atom is -0.367 e. The standard InChI is InChI=1S/C27H30F4N6O2/c1-14-5-17(9-32)33-10-19(14)18-6-23(24(8-22(18)28)37-12-15(2)36(4)16(3)13-37)35-26(39)20-11-34-25(38)7-21(20)27(29,30)31/h5-6,8,10,15-16,20-21H,7,11-13H2,1-4H3,(H,34,38)(H,35,39)/t15-,16+,20?,21?. The number of likely N-dealkylation sites (N-methyl/N-ethyl adjacent to an activating group) is 1. The Kier molecular flexibility index (Phi) is 7.84. The van der Waals surface area contributed by atoms with E-state index in [0.717, 1.165) is 0 Å². The predicted molar refractivity (Wildman–Crippen MR) is 137 cm³/mol. The second-order valence-corrected chi connectivity index (χ2v) is 10.4. The summed E-state index contributed by atoms with van der Waals surface area (Å²) in [5.41, 5.74) is 1.69. The van der Waals surface area contributed by atoms with Crippen LogP contribution < -0.4 is 15.5 Å². The van der Waals surface area contributed by atoms with E-state index in [1.807, 2.05) is 31.9 Å². The van der Waals surface area contributed by atoms with Crippen molar-refractivity contribution in [2.75, 3.05) is 36.9 Å². The number of piperidine rings is 1. The van der Waals surface area contributed by atoms with Crippen LogP contribution in [0, 0.1) is 35.9 Å². The predicted octanol–water partition coefficient (Wildman–Crippen LogP) is 3.85. The number of nitrogens with zero attached hydrogens (tertiary/aromatic N) is 4. The molecule has 2 aliphatic heterocycles. The van der Waals surface area contributed by atoms with Gasteiger partial charge in [0.1, 0.15) is 17.6 Å². The van der Waals surface area contributed by atoms with Crippen LogP contribution in [0.4, 0.5) is 28.9 Å². The van der Waals surface area contributed by atoms with Crippen LogP contribution in [-0.2, 0) is 9.59 Å². The number of carbonyl (C=O) groups is 2. The van der Waals surface area contributed by atoms with E-state index in [9.17, 15) is 22.8 Å². The number of carbonyl (C=O) groups excluding carboxylic acids is 2. The molecule has 12 heteroatoms. The Morgan fingerprint density at radius 3 is 2.44 bits per heavy atom. The summed E-state index contributed by atoms with van der Waals surface area (Å²) in [6.07, 6.45) is -4.23. The summed E-state index contributed by atoms with van der Waals surface area (Å²) in [6.45, 7) is 6.26. The molecule has 2 amide bonds. The lowest BCUT2D eigenvalue weighted by Gasteiger charge is -2.44. The molecule has 1 aromatic heterocycles. The Morgan fingerprint density at radius 1 is 1.18 bits per heavy atom. The average molecular weight is 547 g/mol. The molecule has 0 bridgehead atoms. The zero-order chi connectivity index (χ0) is 28.6. The number of anilines is 2. The molecular formula is C27H30F4N6O2. The van der Waals surface area contributed by atoms with Crippen LogP contribution in [0.25, 0.3) is 11.1 Å². The summed E-state index contributed by atoms with van der Waals surface area (Å²) in [5, 5.41) is 14.1. The summed E-state index contributed by atoms with van der Waals surface area (Å²) in [5.74, 6) is -5.97. The van der Waals surface area contributed by atoms with Crippen molar-refractivity contribution in [2.24, 2.45) is 11.8 Å². The molecule has 2 N–H and O–H groups in total. The van der Waals surface area contributed by atoms with Crippen molar-refractivity contribution < 1.29 is 27.2 Å². The molecule has 0 aliphatic carbocycles. The molecule has 2 fully saturated rings. The number of aryl methyl sites for hydroxylation is 1. The molecule has 39 heavy (non-hydrogen) atoms. The van der Waals surface area contributed by atoms with E-state index in [0.29, 0.717) is 29.9 Å². The minimum absolute atomic E-state index is 0.0862. The van der Waals surface area contributed by atoms with Gasteiger partial charge in [0.15, 0.2) is 0 Å². The molecule has 0 radical (unpaired) electrons. The number of pyridine rings is 1. The van der Waals surface area contributed by atoms with Crippen molar-refractivity contribution in [3.8, 4) is 17.2 Å². The molecule has 0 saturated carbocycles. The topological polar surface area (TPSA) is 101 Å². The Hall–Kier alpha value is -3.72. The molecule has 1 aromatic carbocycles. The fourth-order valence-electron chi connectivity index (χ4n) is 5.26. The second-order valence-electron chi connectivity index (χ2n) is 10.4. The molecule has 4 atom stereocenters. The Balaban J connectivity index is 1.77. The van der Waals surface area contributed by atoms with Gasteiger partial charge in [-0.1, -0.05) is 0 Å². The van der Waals surface area contributed by atoms with Gasteiger partial charge in [0.25, 0.3) is 0 Å². The number of hydrogen-bond donors (Lipinski definition) is 2. The van der Waals surface area contributed by atoms with Gasteiger partial charge < -0.3 is 15.5 Å². The maximum absolute atomic E-state index is 15.6. The molecule has 2 aromatic rings. The first kappa shape index (κ1) is 28.3. The molecule has 3 heterocycles. The molecule has 208 valence electrons. The largest absolute Gasteiger partial charge is 0.393 e. The third-order valence-corrected chi connectivity index (χ3v) is 7.73. The number of halogens is 4. The molecule has 0 spiro atoms. The van der Waals surface area contributed by atoms with Gasteiger partial charge in [-0.05, 0) is 51.6 Å². The van der Waals surface area contributed by atoms with Crippen LogP contribution in [-0.4, -0.2) is 66.6 Å². The van der Waals surface area contributed by atoms with Crippen LogP contribution in [0.3, 0.4) is 0 Å². The molecular weight excluding hydrogens is 516 g/mol. The van der Waals surface area contributed by atoms with E-state index >= 15 is 4.39 Å². The molecule has 2 saturated heterocycles. The Labute approximate surface area is 224 Å². The number of alkyl halides is 3. The van der Waals surface area contributed by atoms with Gasteiger partial charge in [0.2, 0.25) is 11.8 Å². The van der Waals surface area contributed by atoms with Crippen molar-refractivity contribution in [2.45, 2.75) is 45.5 Å². The van der Waals surface area contributed by atoms with E-state index < -0.39 is 48.6 Å². The van der Waals surface area contributed by atoms with Gasteiger partial charge in [-0.25, -0.2) is 9.37 Å². The van der Waals surface area contributed by atoms with Gasteiger partial charge in [0, 0.05) is 55.5 Å². The fraction of sp³-hybridized carbons (Fsp3) is 0.481. The average Bonchev–Trinajstić information content (AvgIpc) is 2.87. The van der Waals surface area contributed by atoms with Crippen LogP contribution in [0.15, 0.2) is 24.4 Å². The number of nitriles is 1. The number of piperazine rings is 1. The van der Waals surface area contributed by atoms with E-state index in [-0.39, 0.29) is 29.0 Å². The molecule has 2 aliphatic rings. The van der Waals surface area contributed by atoms with Crippen molar-refractivity contribution in [3.63, 3.8) is 0 Å². The minimum atomic E-state index is -4.75. The number of aromatic nitrogens is 1. The third kappa shape index (κ3) is 5.83. The van der Waals surface area contributed by atoms with Gasteiger partial charge in [-0.2, -0.15) is 18.4 Å². The smallest absolute Gasteiger partial charge is 0.367 e. The zero-order valence-corrected chi connectivity index (χ0v) is 22.1. The highest BCUT2D eigenvalue weighted by Crippen LogP contribution is 2.40. The van der Waals surface area contributed by atoms with Crippen LogP contribution in [0.5, 0.6) is 0 Å². The van der Waals surface area contributed by atoms with Crippen LogP contribution >= 0.6 is 0 Å². The molecule has 8 nitrogen and oxygen atoms in total. The number of benzene rings is 1. The van der Waals surface area contributed by atoms with E-state index in [2.05, 4.69) is 20.5 Å². The number of nitrogens with one attached hydrogen (secondary N) is 2. The highest BCUT2D eigenvalue weighted by Gasteiger charge is 2.50. The monoisotopic (exact) mass is 546 g/mol. The van der Waals surface area contributed by atoms with Crippen molar-refractivity contribution in [1.82, 2.24) is 15.2 Å². The lowest BCUT2D eigenvalue weighted by atomic mass is 9.84. The summed E-state index contributed by atoms with van der Waals surface area (Å²) in [4.78, 5) is 33.1. The second kappa shape index (κ2) is 10.8. The first-order valence-corrected chi connectivity index (χ1v) is 12.6. The maximum atomic E-state index is 15.6. The summed E-state index contributed by atoms with van der Waals surface area (Å²) >= 11 is 0. The van der Waals surface area contributed by atoms with E-state index in [1.165, 1.54) is 24.4 Å². The highest BCUT2D eigenvalue weighted by molar-refractivity contribution is 5.98. The van der Waals surface area contributed by atoms with Crippen LogP contribution in [0.1, 0.15) is 31.5 Å². The number of rotatable bonds is 4. The quantitative estimate of drug-likeness (QED) is 0.565. The van der Waals surface area contributed by atoms with Gasteiger partial charge >= 0.3 is 6.18 Å². The van der Waals surface area contributed by atoms with Crippen molar-refractivity contribution in [1.29, 1.82) is 5.26 Å². The Morgan fingerprint density at radius 2 is 1.85 bits per heavy atom. The maximum Gasteiger partial charge on any atom is 0.393 e. The van der Waals surface area contributed by atoms with Gasteiger partial charge in [0.05, 0.1) is 23.2 Å². The van der Waals surface area contributed by atoms with Crippen molar-refractivity contribution in [3.05, 3.63) is 41.5 Å². The zero-order valence-electron chi connectivity index (χ0n) is 22.1.